The molecule has 1 N–H and O–H groups in total. The number of aromatic nitrogens is 1. The minimum absolute atomic E-state index is 0.166. The van der Waals surface area contributed by atoms with E-state index >= 15 is 0 Å². The summed E-state index contributed by atoms with van der Waals surface area (Å²) in [5.74, 6) is -0.479. The predicted octanol–water partition coefficient (Wildman–Crippen LogP) is 4.32. The first-order valence-electron chi connectivity index (χ1n) is 6.71. The number of fused-ring (bicyclic) bond motifs is 1. The zero-order valence-corrected chi connectivity index (χ0v) is 13.1. The summed E-state index contributed by atoms with van der Waals surface area (Å²) in [4.78, 5) is 16.5. The van der Waals surface area contributed by atoms with Crippen LogP contribution in [0.1, 0.15) is 5.56 Å². The van der Waals surface area contributed by atoms with Crippen molar-refractivity contribution in [3.05, 3.63) is 70.6 Å². The van der Waals surface area contributed by atoms with Crippen molar-refractivity contribution in [3.63, 3.8) is 0 Å². The second-order valence-corrected chi connectivity index (χ2v) is 5.70. The van der Waals surface area contributed by atoms with Gasteiger partial charge in [-0.25, -0.2) is 4.39 Å². The number of amides is 1. The molecule has 0 aliphatic carbocycles. The molecule has 0 bridgehead atoms. The second kappa shape index (κ2) is 6.23. The topological polar surface area (TPSA) is 42.0 Å². The summed E-state index contributed by atoms with van der Waals surface area (Å²) in [7, 11) is 0. The highest BCUT2D eigenvalue weighted by atomic mass is 79.9. The van der Waals surface area contributed by atoms with E-state index in [4.69, 9.17) is 0 Å². The van der Waals surface area contributed by atoms with Gasteiger partial charge in [0.05, 0.1) is 17.6 Å². The first-order valence-corrected chi connectivity index (χ1v) is 7.50. The zero-order chi connectivity index (χ0) is 15.5. The summed E-state index contributed by atoms with van der Waals surface area (Å²) >= 11 is 3.47. The lowest BCUT2D eigenvalue weighted by atomic mass is 10.1. The van der Waals surface area contributed by atoms with Crippen molar-refractivity contribution in [2.75, 3.05) is 5.32 Å². The first-order chi connectivity index (χ1) is 10.6. The number of carbonyl (C=O) groups excluding carboxylic acids is 1. The maximum Gasteiger partial charge on any atom is 0.228 e. The van der Waals surface area contributed by atoms with Gasteiger partial charge >= 0.3 is 0 Å². The van der Waals surface area contributed by atoms with E-state index in [0.717, 1.165) is 20.9 Å². The van der Waals surface area contributed by atoms with Gasteiger partial charge in [-0.1, -0.05) is 34.1 Å². The van der Waals surface area contributed by atoms with Crippen LogP contribution >= 0.6 is 15.9 Å². The standard InChI is InChI=1S/C17H12BrFN2O/c18-14-7-8-15(17-13(14)2-1-9-20-17)21-16(22)10-11-3-5-12(19)6-4-11/h1-9H,10H2,(H,21,22). The first kappa shape index (κ1) is 14.7. The zero-order valence-electron chi connectivity index (χ0n) is 11.5. The molecule has 0 unspecified atom stereocenters. The quantitative estimate of drug-likeness (QED) is 0.757. The lowest BCUT2D eigenvalue weighted by Gasteiger charge is -2.09. The molecule has 0 fully saturated rings. The molecule has 1 amide bonds. The molecular weight excluding hydrogens is 347 g/mol. The number of pyridine rings is 1. The van der Waals surface area contributed by atoms with Gasteiger partial charge in [0.2, 0.25) is 5.91 Å². The third kappa shape index (κ3) is 3.14. The van der Waals surface area contributed by atoms with E-state index in [1.165, 1.54) is 12.1 Å². The van der Waals surface area contributed by atoms with Crippen molar-refractivity contribution in [2.45, 2.75) is 6.42 Å². The Kier molecular flexibility index (Phi) is 4.15. The Hall–Kier alpha value is -2.27. The summed E-state index contributed by atoms with van der Waals surface area (Å²) < 4.78 is 13.8. The van der Waals surface area contributed by atoms with E-state index in [0.29, 0.717) is 5.69 Å². The fourth-order valence-corrected chi connectivity index (χ4v) is 2.67. The Balaban J connectivity index is 1.82. The lowest BCUT2D eigenvalue weighted by molar-refractivity contribution is -0.115. The van der Waals surface area contributed by atoms with E-state index in [1.54, 1.807) is 18.3 Å². The van der Waals surface area contributed by atoms with Crippen LogP contribution in [0.5, 0.6) is 0 Å². The second-order valence-electron chi connectivity index (χ2n) is 4.85. The molecule has 1 heterocycles. The molecule has 0 aliphatic rings. The molecule has 2 aromatic carbocycles. The van der Waals surface area contributed by atoms with Gasteiger partial charge in [-0.05, 0) is 35.9 Å². The van der Waals surface area contributed by atoms with Gasteiger partial charge in [0.15, 0.2) is 0 Å². The Morgan fingerprint density at radius 3 is 2.68 bits per heavy atom. The van der Waals surface area contributed by atoms with Gasteiger partial charge < -0.3 is 5.32 Å². The average Bonchev–Trinajstić information content (AvgIpc) is 2.53. The molecule has 22 heavy (non-hydrogen) atoms. The molecule has 5 heteroatoms. The van der Waals surface area contributed by atoms with Crippen molar-refractivity contribution in [1.29, 1.82) is 0 Å². The average molecular weight is 359 g/mol. The van der Waals surface area contributed by atoms with Crippen molar-refractivity contribution in [2.24, 2.45) is 0 Å². The van der Waals surface area contributed by atoms with Crippen LogP contribution in [-0.2, 0) is 11.2 Å². The van der Waals surface area contributed by atoms with E-state index < -0.39 is 0 Å². The molecule has 0 aliphatic heterocycles. The van der Waals surface area contributed by atoms with Crippen LogP contribution in [0.4, 0.5) is 10.1 Å². The summed E-state index contributed by atoms with van der Waals surface area (Å²) in [6.07, 6.45) is 1.87. The number of halogens is 2. The van der Waals surface area contributed by atoms with E-state index in [-0.39, 0.29) is 18.1 Å². The van der Waals surface area contributed by atoms with Crippen LogP contribution in [0.3, 0.4) is 0 Å². The molecule has 0 atom stereocenters. The Morgan fingerprint density at radius 2 is 1.91 bits per heavy atom. The number of nitrogens with zero attached hydrogens (tertiary/aromatic N) is 1. The molecule has 1 aromatic heterocycles. The number of carbonyl (C=O) groups is 1. The molecule has 0 saturated carbocycles. The summed E-state index contributed by atoms with van der Waals surface area (Å²) in [5, 5.41) is 3.79. The Labute approximate surface area is 135 Å². The summed E-state index contributed by atoms with van der Waals surface area (Å²) in [5.41, 5.74) is 2.14. The van der Waals surface area contributed by atoms with Crippen LogP contribution in [0, 0.1) is 5.82 Å². The van der Waals surface area contributed by atoms with E-state index in [2.05, 4.69) is 26.2 Å². The molecule has 3 aromatic rings. The number of benzene rings is 2. The Morgan fingerprint density at radius 1 is 1.14 bits per heavy atom. The van der Waals surface area contributed by atoms with Crippen LogP contribution < -0.4 is 5.32 Å². The lowest BCUT2D eigenvalue weighted by Crippen LogP contribution is -2.14. The fraction of sp³-hybridized carbons (Fsp3) is 0.0588. The molecule has 3 nitrogen and oxygen atoms in total. The third-order valence-electron chi connectivity index (χ3n) is 3.27. The smallest absolute Gasteiger partial charge is 0.228 e. The van der Waals surface area contributed by atoms with Gasteiger partial charge in [-0.3, -0.25) is 9.78 Å². The number of anilines is 1. The van der Waals surface area contributed by atoms with Gasteiger partial charge in [-0.15, -0.1) is 0 Å². The number of rotatable bonds is 3. The molecule has 110 valence electrons. The number of hydrogen-bond acceptors (Lipinski definition) is 2. The van der Waals surface area contributed by atoms with Gasteiger partial charge in [0, 0.05) is 16.1 Å². The number of hydrogen-bond donors (Lipinski definition) is 1. The van der Waals surface area contributed by atoms with Gasteiger partial charge in [0.1, 0.15) is 5.82 Å². The van der Waals surface area contributed by atoms with E-state index in [9.17, 15) is 9.18 Å². The van der Waals surface area contributed by atoms with Crippen LogP contribution in [-0.4, -0.2) is 10.9 Å². The third-order valence-corrected chi connectivity index (χ3v) is 3.96. The van der Waals surface area contributed by atoms with Crippen molar-refractivity contribution >= 4 is 38.4 Å². The minimum Gasteiger partial charge on any atom is -0.324 e. The summed E-state index contributed by atoms with van der Waals surface area (Å²) in [6.45, 7) is 0. The van der Waals surface area contributed by atoms with Crippen LogP contribution in [0.25, 0.3) is 10.9 Å². The highest BCUT2D eigenvalue weighted by molar-refractivity contribution is 9.10. The van der Waals surface area contributed by atoms with Gasteiger partial charge in [0.25, 0.3) is 0 Å². The van der Waals surface area contributed by atoms with Crippen LogP contribution in [0.2, 0.25) is 0 Å². The molecule has 0 radical (unpaired) electrons. The normalized spacial score (nSPS) is 10.6. The predicted molar refractivity (Wildman–Crippen MR) is 88.2 cm³/mol. The van der Waals surface area contributed by atoms with Crippen LogP contribution in [0.15, 0.2) is 59.2 Å². The highest BCUT2D eigenvalue weighted by Crippen LogP contribution is 2.28. The monoisotopic (exact) mass is 358 g/mol. The molecule has 3 rings (SSSR count). The highest BCUT2D eigenvalue weighted by Gasteiger charge is 2.09. The molecular formula is C17H12BrFN2O. The fourth-order valence-electron chi connectivity index (χ4n) is 2.22. The largest absolute Gasteiger partial charge is 0.324 e. The maximum atomic E-state index is 12.9. The summed E-state index contributed by atoms with van der Waals surface area (Å²) in [6, 6.07) is 13.4. The van der Waals surface area contributed by atoms with Crippen molar-refractivity contribution in [1.82, 2.24) is 4.98 Å². The molecule has 0 spiro atoms. The maximum absolute atomic E-state index is 12.9. The van der Waals surface area contributed by atoms with E-state index in [1.807, 2.05) is 24.3 Å². The Bertz CT molecular complexity index is 834. The number of nitrogens with one attached hydrogen (secondary N) is 1. The van der Waals surface area contributed by atoms with Crippen molar-refractivity contribution < 1.29 is 9.18 Å². The SMILES string of the molecule is O=C(Cc1ccc(F)cc1)Nc1ccc(Br)c2cccnc12. The van der Waals surface area contributed by atoms with Crippen molar-refractivity contribution in [3.8, 4) is 0 Å². The minimum atomic E-state index is -0.313. The van der Waals surface area contributed by atoms with Gasteiger partial charge in [-0.2, -0.15) is 0 Å². The molecule has 0 saturated heterocycles.